The molecule has 20 heavy (non-hydrogen) atoms. The van der Waals surface area contributed by atoms with Crippen molar-refractivity contribution in [2.24, 2.45) is 7.05 Å². The lowest BCUT2D eigenvalue weighted by molar-refractivity contribution is 0.102. The number of benzene rings is 1. The Morgan fingerprint density at radius 1 is 1.25 bits per heavy atom. The highest BCUT2D eigenvalue weighted by Crippen LogP contribution is 2.31. The summed E-state index contributed by atoms with van der Waals surface area (Å²) in [6, 6.07) is 5.76. The molecule has 1 amide bonds. The normalized spacial score (nSPS) is 10.3. The quantitative estimate of drug-likeness (QED) is 0.837. The van der Waals surface area contributed by atoms with Crippen LogP contribution in [0.1, 0.15) is 10.4 Å². The van der Waals surface area contributed by atoms with Crippen LogP contribution >= 0.6 is 23.2 Å². The van der Waals surface area contributed by atoms with Crippen LogP contribution in [-0.2, 0) is 7.05 Å². The molecule has 5 nitrogen and oxygen atoms in total. The Bertz CT molecular complexity index is 718. The highest BCUT2D eigenvalue weighted by molar-refractivity contribution is 6.39. The van der Waals surface area contributed by atoms with E-state index in [1.165, 1.54) is 35.0 Å². The Morgan fingerprint density at radius 3 is 2.40 bits per heavy atom. The molecule has 0 aliphatic rings. The van der Waals surface area contributed by atoms with E-state index in [2.05, 4.69) is 5.32 Å². The first kappa shape index (κ1) is 14.4. The predicted octanol–water partition coefficient (Wildman–Crippen LogP) is 2.53. The van der Waals surface area contributed by atoms with Crippen LogP contribution in [-0.4, -0.2) is 10.5 Å². The number of carbonyl (C=O) groups is 1. The zero-order valence-corrected chi connectivity index (χ0v) is 12.0. The minimum absolute atomic E-state index is 0.247. The lowest BCUT2D eigenvalue weighted by Gasteiger charge is -2.08. The van der Waals surface area contributed by atoms with Gasteiger partial charge in [0.15, 0.2) is 0 Å². The Hall–Kier alpha value is -1.98. The number of nitrogens with zero attached hydrogens (tertiary/aromatic N) is 1. The molecule has 2 rings (SSSR count). The van der Waals surface area contributed by atoms with Crippen LogP contribution in [0.2, 0.25) is 10.0 Å². The number of anilines is 2. The number of pyridine rings is 1. The lowest BCUT2D eigenvalue weighted by atomic mass is 10.2. The van der Waals surface area contributed by atoms with E-state index in [1.54, 1.807) is 7.05 Å². The maximum absolute atomic E-state index is 12.0. The van der Waals surface area contributed by atoms with Gasteiger partial charge in [-0.1, -0.05) is 23.2 Å². The number of hydrogen-bond acceptors (Lipinski definition) is 3. The van der Waals surface area contributed by atoms with Crippen LogP contribution < -0.4 is 16.6 Å². The molecular weight excluding hydrogens is 301 g/mol. The van der Waals surface area contributed by atoms with Gasteiger partial charge in [0.2, 0.25) is 0 Å². The SMILES string of the molecule is Cn1ccc(C(=O)Nc2cc(Cl)c(N)c(Cl)c2)cc1=O. The number of nitrogens with one attached hydrogen (secondary N) is 1. The third-order valence-electron chi connectivity index (χ3n) is 2.70. The summed E-state index contributed by atoms with van der Waals surface area (Å²) in [5.41, 5.74) is 6.24. The van der Waals surface area contributed by atoms with E-state index in [9.17, 15) is 9.59 Å². The van der Waals surface area contributed by atoms with Gasteiger partial charge in [0.05, 0.1) is 15.7 Å². The zero-order chi connectivity index (χ0) is 14.9. The van der Waals surface area contributed by atoms with Crippen LogP contribution in [0.3, 0.4) is 0 Å². The zero-order valence-electron chi connectivity index (χ0n) is 10.5. The first-order valence-corrected chi connectivity index (χ1v) is 6.36. The molecule has 0 bridgehead atoms. The fourth-order valence-electron chi connectivity index (χ4n) is 1.55. The summed E-state index contributed by atoms with van der Waals surface area (Å²) < 4.78 is 1.37. The van der Waals surface area contributed by atoms with E-state index in [0.717, 1.165) is 0 Å². The van der Waals surface area contributed by atoms with Gasteiger partial charge < -0.3 is 15.6 Å². The first-order valence-electron chi connectivity index (χ1n) is 5.61. The number of aromatic nitrogens is 1. The number of carbonyl (C=O) groups excluding carboxylic acids is 1. The minimum atomic E-state index is -0.431. The number of nitrogens with two attached hydrogens (primary N) is 1. The van der Waals surface area contributed by atoms with E-state index in [4.69, 9.17) is 28.9 Å². The number of aryl methyl sites for hydroxylation is 1. The third-order valence-corrected chi connectivity index (χ3v) is 3.33. The Morgan fingerprint density at radius 2 is 1.85 bits per heavy atom. The summed E-state index contributed by atoms with van der Waals surface area (Å²) in [4.78, 5) is 23.5. The molecule has 0 aliphatic carbocycles. The van der Waals surface area contributed by atoms with Crippen molar-refractivity contribution in [3.63, 3.8) is 0 Å². The summed E-state index contributed by atoms with van der Waals surface area (Å²) >= 11 is 11.8. The van der Waals surface area contributed by atoms with Gasteiger partial charge in [-0.25, -0.2) is 0 Å². The highest BCUT2D eigenvalue weighted by Gasteiger charge is 2.10. The average molecular weight is 312 g/mol. The van der Waals surface area contributed by atoms with Gasteiger partial charge in [-0.2, -0.15) is 0 Å². The summed E-state index contributed by atoms with van der Waals surface area (Å²) in [7, 11) is 1.60. The van der Waals surface area contributed by atoms with Gasteiger partial charge in [0.25, 0.3) is 11.5 Å². The topological polar surface area (TPSA) is 77.1 Å². The summed E-state index contributed by atoms with van der Waals surface area (Å²) in [6.07, 6.45) is 1.51. The molecule has 0 radical (unpaired) electrons. The van der Waals surface area contributed by atoms with E-state index in [-0.39, 0.29) is 26.9 Å². The summed E-state index contributed by atoms with van der Waals surface area (Å²) in [5.74, 6) is -0.431. The standard InChI is InChI=1S/C13H11Cl2N3O2/c1-18-3-2-7(4-11(18)19)13(20)17-8-5-9(14)12(16)10(15)6-8/h2-6H,16H2,1H3,(H,17,20). The molecule has 0 aliphatic heterocycles. The smallest absolute Gasteiger partial charge is 0.255 e. The van der Waals surface area contributed by atoms with E-state index < -0.39 is 5.91 Å². The molecule has 3 N–H and O–H groups in total. The molecular formula is C13H11Cl2N3O2. The Kier molecular flexibility index (Phi) is 4.01. The molecule has 0 spiro atoms. The monoisotopic (exact) mass is 311 g/mol. The van der Waals surface area contributed by atoms with E-state index in [1.807, 2.05) is 0 Å². The molecule has 1 heterocycles. The van der Waals surface area contributed by atoms with Gasteiger partial charge in [-0.15, -0.1) is 0 Å². The van der Waals surface area contributed by atoms with Crippen LogP contribution in [0.25, 0.3) is 0 Å². The predicted molar refractivity (Wildman–Crippen MR) is 80.5 cm³/mol. The van der Waals surface area contributed by atoms with Gasteiger partial charge >= 0.3 is 0 Å². The first-order chi connectivity index (χ1) is 9.38. The van der Waals surface area contributed by atoms with Crippen molar-refractivity contribution in [1.29, 1.82) is 0 Å². The molecule has 0 fully saturated rings. The number of nitrogen functional groups attached to an aromatic ring is 1. The van der Waals surface area contributed by atoms with Gasteiger partial charge in [-0.05, 0) is 18.2 Å². The Balaban J connectivity index is 2.28. The van der Waals surface area contributed by atoms with Crippen molar-refractivity contribution in [3.05, 3.63) is 56.4 Å². The van der Waals surface area contributed by atoms with Crippen molar-refractivity contribution in [3.8, 4) is 0 Å². The number of amides is 1. The highest BCUT2D eigenvalue weighted by atomic mass is 35.5. The van der Waals surface area contributed by atoms with Crippen LogP contribution in [0, 0.1) is 0 Å². The van der Waals surface area contributed by atoms with Crippen molar-refractivity contribution in [2.75, 3.05) is 11.1 Å². The molecule has 7 heteroatoms. The van der Waals surface area contributed by atoms with Gasteiger partial charge in [0, 0.05) is 30.6 Å². The van der Waals surface area contributed by atoms with Crippen molar-refractivity contribution in [1.82, 2.24) is 4.57 Å². The fourth-order valence-corrected chi connectivity index (χ4v) is 2.04. The van der Waals surface area contributed by atoms with Crippen LogP contribution in [0.4, 0.5) is 11.4 Å². The van der Waals surface area contributed by atoms with Gasteiger partial charge in [-0.3, -0.25) is 9.59 Å². The molecule has 2 aromatic rings. The van der Waals surface area contributed by atoms with E-state index in [0.29, 0.717) is 5.69 Å². The van der Waals surface area contributed by atoms with Crippen molar-refractivity contribution >= 4 is 40.5 Å². The van der Waals surface area contributed by atoms with Crippen LogP contribution in [0.5, 0.6) is 0 Å². The minimum Gasteiger partial charge on any atom is -0.396 e. The van der Waals surface area contributed by atoms with Crippen molar-refractivity contribution < 1.29 is 4.79 Å². The maximum atomic E-state index is 12.0. The molecule has 0 saturated carbocycles. The second-order valence-electron chi connectivity index (χ2n) is 4.17. The van der Waals surface area contributed by atoms with Crippen LogP contribution in [0.15, 0.2) is 35.3 Å². The second kappa shape index (κ2) is 5.56. The maximum Gasteiger partial charge on any atom is 0.255 e. The summed E-state index contributed by atoms with van der Waals surface area (Å²) in [5, 5.41) is 3.10. The number of halogens is 2. The molecule has 1 aromatic heterocycles. The largest absolute Gasteiger partial charge is 0.396 e. The second-order valence-corrected chi connectivity index (χ2v) is 4.99. The Labute approximate surface area is 124 Å². The van der Waals surface area contributed by atoms with Crippen molar-refractivity contribution in [2.45, 2.75) is 0 Å². The molecule has 1 aromatic carbocycles. The molecule has 104 valence electrons. The van der Waals surface area contributed by atoms with Gasteiger partial charge in [0.1, 0.15) is 0 Å². The summed E-state index contributed by atoms with van der Waals surface area (Å²) in [6.45, 7) is 0. The molecule has 0 atom stereocenters. The fraction of sp³-hybridized carbons (Fsp3) is 0.0769. The molecule has 0 unspecified atom stereocenters. The molecule has 0 saturated heterocycles. The van der Waals surface area contributed by atoms with E-state index >= 15 is 0 Å². The lowest BCUT2D eigenvalue weighted by Crippen LogP contribution is -2.20. The number of rotatable bonds is 2. The number of hydrogen-bond donors (Lipinski definition) is 2. The third kappa shape index (κ3) is 2.95. The average Bonchev–Trinajstić information content (AvgIpc) is 2.39.